The standard InChI is InChI=1S/C36H41ClN2O4/c1-35(2,42)25-11-14-33-31(21-25)29(30-7-4-17-38-32(30)23-43-33)8-5-18-39-19-15-27(22-39)36(34(40)41)16-3-6-26(36)20-24-9-12-28(37)13-10-24/h4,7-14,17,21,26-27,42H,3,5-6,15-16,18-20,22-23H2,1-2H3,(H,40,41). The molecule has 6 nitrogen and oxygen atoms in total. The number of pyridine rings is 1. The Morgan fingerprint density at radius 2 is 1.98 bits per heavy atom. The topological polar surface area (TPSA) is 82.9 Å². The Balaban J connectivity index is 1.20. The molecule has 0 radical (unpaired) electrons. The van der Waals surface area contributed by atoms with Crippen molar-refractivity contribution in [3.05, 3.63) is 99.8 Å². The minimum atomic E-state index is -0.972. The van der Waals surface area contributed by atoms with Gasteiger partial charge in [-0.25, -0.2) is 0 Å². The molecule has 226 valence electrons. The van der Waals surface area contributed by atoms with Crippen LogP contribution in [-0.2, 0) is 23.4 Å². The van der Waals surface area contributed by atoms with Crippen LogP contribution in [0.4, 0.5) is 0 Å². The highest BCUT2D eigenvalue weighted by molar-refractivity contribution is 6.30. The van der Waals surface area contributed by atoms with Gasteiger partial charge in [-0.05, 0) is 111 Å². The van der Waals surface area contributed by atoms with Crippen molar-refractivity contribution in [2.75, 3.05) is 19.6 Å². The van der Waals surface area contributed by atoms with Crippen molar-refractivity contribution in [3.8, 4) is 5.75 Å². The first-order valence-corrected chi connectivity index (χ1v) is 15.9. The van der Waals surface area contributed by atoms with Crippen LogP contribution in [0.3, 0.4) is 0 Å². The van der Waals surface area contributed by atoms with Crippen LogP contribution < -0.4 is 4.74 Å². The maximum absolute atomic E-state index is 13.0. The van der Waals surface area contributed by atoms with Crippen molar-refractivity contribution < 1.29 is 19.7 Å². The summed E-state index contributed by atoms with van der Waals surface area (Å²) in [6, 6.07) is 17.8. The Labute approximate surface area is 259 Å². The average Bonchev–Trinajstić information content (AvgIpc) is 3.59. The quantitative estimate of drug-likeness (QED) is 0.287. The van der Waals surface area contributed by atoms with Crippen molar-refractivity contribution in [3.63, 3.8) is 0 Å². The third kappa shape index (κ3) is 5.98. The second kappa shape index (κ2) is 12.1. The number of likely N-dealkylation sites (tertiary alicyclic amines) is 1. The number of carboxylic acids is 1. The number of benzene rings is 2. The lowest BCUT2D eigenvalue weighted by Gasteiger charge is -2.37. The van der Waals surface area contributed by atoms with Crippen molar-refractivity contribution >= 4 is 23.1 Å². The Kier molecular flexibility index (Phi) is 8.38. The van der Waals surface area contributed by atoms with Crippen LogP contribution in [0.2, 0.25) is 5.02 Å². The van der Waals surface area contributed by atoms with Crippen molar-refractivity contribution in [2.45, 2.75) is 64.6 Å². The van der Waals surface area contributed by atoms with E-state index in [1.165, 1.54) is 5.56 Å². The van der Waals surface area contributed by atoms with E-state index in [-0.39, 0.29) is 11.8 Å². The van der Waals surface area contributed by atoms with Crippen LogP contribution in [0.5, 0.6) is 5.75 Å². The molecule has 2 N–H and O–H groups in total. The van der Waals surface area contributed by atoms with Crippen LogP contribution >= 0.6 is 11.6 Å². The minimum Gasteiger partial charge on any atom is -0.487 e. The van der Waals surface area contributed by atoms with Gasteiger partial charge in [0.15, 0.2) is 0 Å². The maximum Gasteiger partial charge on any atom is 0.310 e. The molecule has 6 rings (SSSR count). The fraction of sp³-hybridized carbons (Fsp3) is 0.444. The first kappa shape index (κ1) is 29.9. The first-order chi connectivity index (χ1) is 20.6. The number of carbonyl (C=O) groups is 1. The highest BCUT2D eigenvalue weighted by Crippen LogP contribution is 2.53. The molecule has 2 aliphatic heterocycles. The molecule has 3 unspecified atom stereocenters. The van der Waals surface area contributed by atoms with E-state index in [9.17, 15) is 15.0 Å². The van der Waals surface area contributed by atoms with Gasteiger partial charge in [0.25, 0.3) is 0 Å². The van der Waals surface area contributed by atoms with Gasteiger partial charge in [0, 0.05) is 35.4 Å². The zero-order valence-electron chi connectivity index (χ0n) is 25.1. The summed E-state index contributed by atoms with van der Waals surface area (Å²) in [4.78, 5) is 20.0. The monoisotopic (exact) mass is 600 g/mol. The number of aliphatic carboxylic acids is 1. The number of aromatic nitrogens is 1. The highest BCUT2D eigenvalue weighted by Gasteiger charge is 2.55. The summed E-state index contributed by atoms with van der Waals surface area (Å²) in [6.07, 6.45) is 9.26. The molecule has 0 amide bonds. The molecular formula is C36H41ClN2O4. The van der Waals surface area contributed by atoms with Crippen LogP contribution in [0.1, 0.15) is 73.9 Å². The average molecular weight is 601 g/mol. The van der Waals surface area contributed by atoms with Gasteiger partial charge in [-0.1, -0.05) is 48.4 Å². The van der Waals surface area contributed by atoms with E-state index >= 15 is 0 Å². The predicted molar refractivity (Wildman–Crippen MR) is 169 cm³/mol. The van der Waals surface area contributed by atoms with E-state index < -0.39 is 17.0 Å². The minimum absolute atomic E-state index is 0.134. The lowest BCUT2D eigenvalue weighted by molar-refractivity contribution is -0.155. The van der Waals surface area contributed by atoms with Crippen LogP contribution in [-0.4, -0.2) is 45.7 Å². The lowest BCUT2D eigenvalue weighted by atomic mass is 9.66. The number of aliphatic hydroxyl groups is 1. The molecular weight excluding hydrogens is 560 g/mol. The van der Waals surface area contributed by atoms with Gasteiger partial charge >= 0.3 is 5.97 Å². The smallest absolute Gasteiger partial charge is 0.310 e. The number of fused-ring (bicyclic) bond motifs is 2. The summed E-state index contributed by atoms with van der Waals surface area (Å²) in [5, 5.41) is 22.1. The van der Waals surface area contributed by atoms with Gasteiger partial charge in [0.2, 0.25) is 0 Å². The summed E-state index contributed by atoms with van der Waals surface area (Å²) in [7, 11) is 0. The Bertz CT molecular complexity index is 1510. The summed E-state index contributed by atoms with van der Waals surface area (Å²) in [6.45, 7) is 6.57. The largest absolute Gasteiger partial charge is 0.487 e. The van der Waals surface area contributed by atoms with Crippen LogP contribution in [0, 0.1) is 17.3 Å². The molecule has 3 aromatic rings. The van der Waals surface area contributed by atoms with Crippen LogP contribution in [0.15, 0.2) is 66.9 Å². The third-order valence-electron chi connectivity index (χ3n) is 9.98. The van der Waals surface area contributed by atoms with Gasteiger partial charge in [0.05, 0.1) is 16.7 Å². The summed E-state index contributed by atoms with van der Waals surface area (Å²) < 4.78 is 6.16. The molecule has 1 aromatic heterocycles. The van der Waals surface area contributed by atoms with Gasteiger partial charge in [0.1, 0.15) is 12.4 Å². The number of ether oxygens (including phenoxy) is 1. The Hall–Kier alpha value is -3.19. The number of rotatable bonds is 8. The van der Waals surface area contributed by atoms with Crippen molar-refractivity contribution in [2.24, 2.45) is 17.3 Å². The van der Waals surface area contributed by atoms with Crippen LogP contribution in [0.25, 0.3) is 5.57 Å². The van der Waals surface area contributed by atoms with Gasteiger partial charge in [-0.15, -0.1) is 0 Å². The normalized spacial score (nSPS) is 24.8. The van der Waals surface area contributed by atoms with Gasteiger partial charge < -0.3 is 19.8 Å². The predicted octanol–water partition coefficient (Wildman–Crippen LogP) is 7.11. The molecule has 2 fully saturated rings. The van der Waals surface area contributed by atoms with E-state index in [0.29, 0.717) is 11.6 Å². The van der Waals surface area contributed by atoms with E-state index in [1.807, 2.05) is 48.5 Å². The molecule has 7 heteroatoms. The van der Waals surface area contributed by atoms with Gasteiger partial charge in [-0.3, -0.25) is 9.78 Å². The fourth-order valence-corrected chi connectivity index (χ4v) is 7.82. The molecule has 1 saturated carbocycles. The van der Waals surface area contributed by atoms with E-state index in [0.717, 1.165) is 91.9 Å². The molecule has 3 atom stereocenters. The molecule has 3 heterocycles. The second-order valence-corrected chi connectivity index (χ2v) is 13.5. The number of hydrogen-bond acceptors (Lipinski definition) is 5. The Morgan fingerprint density at radius 1 is 1.16 bits per heavy atom. The molecule has 2 aromatic carbocycles. The third-order valence-corrected chi connectivity index (χ3v) is 10.2. The number of carboxylic acid groups (broad SMARTS) is 1. The Morgan fingerprint density at radius 3 is 2.74 bits per heavy atom. The van der Waals surface area contributed by atoms with Crippen molar-refractivity contribution in [1.82, 2.24) is 9.88 Å². The first-order valence-electron chi connectivity index (χ1n) is 15.5. The lowest BCUT2D eigenvalue weighted by Crippen LogP contribution is -2.44. The number of nitrogens with zero attached hydrogens (tertiary/aromatic N) is 2. The molecule has 43 heavy (non-hydrogen) atoms. The SMILES string of the molecule is CC(C)(O)c1ccc2c(c1)C(=CCCN1CCC(C3(C(=O)O)CCCC3Cc3ccc(Cl)cc3)C1)c1cccnc1CO2. The van der Waals surface area contributed by atoms with E-state index in [1.54, 1.807) is 20.0 Å². The van der Waals surface area contributed by atoms with Crippen molar-refractivity contribution in [1.29, 1.82) is 0 Å². The molecule has 0 spiro atoms. The molecule has 1 saturated heterocycles. The summed E-state index contributed by atoms with van der Waals surface area (Å²) in [5.74, 6) is 0.438. The summed E-state index contributed by atoms with van der Waals surface area (Å²) >= 11 is 6.11. The highest BCUT2D eigenvalue weighted by atomic mass is 35.5. The second-order valence-electron chi connectivity index (χ2n) is 13.0. The maximum atomic E-state index is 13.0. The molecule has 1 aliphatic carbocycles. The number of hydrogen-bond donors (Lipinski definition) is 2. The summed E-state index contributed by atoms with van der Waals surface area (Å²) in [5.41, 5.74) is 4.33. The van der Waals surface area contributed by atoms with E-state index in [4.69, 9.17) is 16.3 Å². The zero-order valence-corrected chi connectivity index (χ0v) is 25.8. The zero-order chi connectivity index (χ0) is 30.2. The molecule has 3 aliphatic rings. The molecule has 0 bridgehead atoms. The van der Waals surface area contributed by atoms with E-state index in [2.05, 4.69) is 22.0 Å². The fourth-order valence-electron chi connectivity index (χ4n) is 7.69. The number of halogens is 1. The van der Waals surface area contributed by atoms with Gasteiger partial charge in [-0.2, -0.15) is 0 Å².